The first-order valence-corrected chi connectivity index (χ1v) is 23.3. The third-order valence-electron chi connectivity index (χ3n) is 11.8. The Morgan fingerprint density at radius 2 is 1.22 bits per heavy atom. The highest BCUT2D eigenvalue weighted by molar-refractivity contribution is 4.92. The summed E-state index contributed by atoms with van der Waals surface area (Å²) in [6, 6.07) is -1.19. The van der Waals surface area contributed by atoms with E-state index in [9.17, 15) is 35.4 Å². The smallest absolute Gasteiger partial charge is 0.364 e. The molecule has 0 amide bonds. The molecular weight excluding hydrogens is 743 g/mol. The number of aliphatic hydroxyl groups excluding tert-OH is 6. The molecule has 0 radical (unpaired) electrons. The summed E-state index contributed by atoms with van der Waals surface area (Å²) in [6.45, 7) is 12.3. The Hall–Kier alpha value is -1.91. The van der Waals surface area contributed by atoms with Crippen molar-refractivity contribution < 1.29 is 40.1 Å². The fraction of sp³-hybridized carbons (Fsp3) is 0.932. The van der Waals surface area contributed by atoms with Crippen LogP contribution in [0.1, 0.15) is 187 Å². The Bertz CT molecular complexity index is 1220. The summed E-state index contributed by atoms with van der Waals surface area (Å²) in [5.74, 6) is 0. The molecule has 14 heteroatoms. The molecule has 2 rings (SSSR count). The zero-order valence-electron chi connectivity index (χ0n) is 36.7. The lowest BCUT2D eigenvalue weighted by Crippen LogP contribution is -2.59. The summed E-state index contributed by atoms with van der Waals surface area (Å²) < 4.78 is 13.5. The summed E-state index contributed by atoms with van der Waals surface area (Å²) in [5.41, 5.74) is 0.656. The van der Waals surface area contributed by atoms with E-state index >= 15 is 0 Å². The van der Waals surface area contributed by atoms with Gasteiger partial charge in [0.2, 0.25) is 0 Å². The molecule has 1 aromatic rings. The molecule has 14 nitrogen and oxygen atoms in total. The van der Waals surface area contributed by atoms with Gasteiger partial charge < -0.3 is 45.0 Å². The van der Waals surface area contributed by atoms with Crippen LogP contribution >= 0.6 is 0 Å². The van der Waals surface area contributed by atoms with Crippen molar-refractivity contribution in [3.8, 4) is 0 Å². The van der Waals surface area contributed by atoms with E-state index in [-0.39, 0.29) is 0 Å². The molecule has 1 fully saturated rings. The summed E-state index contributed by atoms with van der Waals surface area (Å²) in [5, 5.41) is 71.2. The number of aromatic nitrogens is 4. The van der Waals surface area contributed by atoms with Crippen LogP contribution in [0.4, 0.5) is 0 Å². The van der Waals surface area contributed by atoms with Crippen LogP contribution in [0.2, 0.25) is 0 Å². The zero-order valence-corrected chi connectivity index (χ0v) is 36.7. The van der Waals surface area contributed by atoms with E-state index in [1.54, 1.807) is 0 Å². The number of allylic oxidation sites excluding steroid dienone is 1. The molecule has 2 heterocycles. The van der Waals surface area contributed by atoms with Gasteiger partial charge in [0.15, 0.2) is 6.29 Å². The first-order chi connectivity index (χ1) is 28.1. The highest BCUT2D eigenvalue weighted by Gasteiger charge is 2.45. The van der Waals surface area contributed by atoms with E-state index in [0.29, 0.717) is 19.4 Å². The van der Waals surface area contributed by atoms with Crippen molar-refractivity contribution in [2.24, 2.45) is 0 Å². The minimum atomic E-state index is -1.66. The van der Waals surface area contributed by atoms with Gasteiger partial charge >= 0.3 is 5.69 Å². The Labute approximate surface area is 350 Å². The van der Waals surface area contributed by atoms with Crippen LogP contribution in [0, 0.1) is 0 Å². The molecule has 1 aliphatic heterocycles. The number of ether oxygens (including phenoxy) is 2. The third kappa shape index (κ3) is 19.6. The Balaban J connectivity index is 1.89. The van der Waals surface area contributed by atoms with Crippen molar-refractivity contribution in [1.82, 2.24) is 24.7 Å². The monoisotopic (exact) mass is 828 g/mol. The molecule has 8 atom stereocenters. The maximum atomic E-state index is 13.5. The molecule has 1 aliphatic rings. The summed E-state index contributed by atoms with van der Waals surface area (Å²) in [6.07, 6.45) is 17.5. The first-order valence-electron chi connectivity index (χ1n) is 23.3. The lowest BCUT2D eigenvalue weighted by molar-refractivity contribution is -0.304. The summed E-state index contributed by atoms with van der Waals surface area (Å²) >= 11 is 0. The number of hydrogen-bond donors (Lipinski definition) is 6. The van der Waals surface area contributed by atoms with Gasteiger partial charge in [0, 0.05) is 25.3 Å². The number of aliphatic hydroxyl groups is 6. The standard InChI is InChI=1S/C44H85N5O9/c1-5-8-10-12-13-14-15-16-17-18-21-25-29-37(51)39(52)36(34-57-43-42(55)41(54)40(53)38(33-50)58-43)49-44(56)48(45-46-49)32-28-24-20-19-23-27-31-47(35(4)7-3)30-26-22-11-9-6-2/h36-43,50-55H,4-34H2,1-3H3/t36-,37+,38?,39-,40?,41?,42?,43?/m0/s1. The van der Waals surface area contributed by atoms with Gasteiger partial charge in [-0.05, 0) is 42.5 Å². The predicted octanol–water partition coefficient (Wildman–Crippen LogP) is 6.15. The topological polar surface area (TPSA) is 196 Å². The summed E-state index contributed by atoms with van der Waals surface area (Å²) in [4.78, 5) is 16.0. The predicted molar refractivity (Wildman–Crippen MR) is 228 cm³/mol. The zero-order chi connectivity index (χ0) is 42.5. The number of aryl methyl sites for hydroxylation is 1. The first kappa shape index (κ1) is 52.2. The largest absolute Gasteiger partial charge is 0.394 e. The average Bonchev–Trinajstić information content (AvgIpc) is 3.59. The third-order valence-corrected chi connectivity index (χ3v) is 11.8. The maximum Gasteiger partial charge on any atom is 0.364 e. The lowest BCUT2D eigenvalue weighted by Gasteiger charge is -2.40. The van der Waals surface area contributed by atoms with Crippen LogP contribution in [0.15, 0.2) is 17.1 Å². The van der Waals surface area contributed by atoms with Gasteiger partial charge in [-0.25, -0.2) is 4.79 Å². The quantitative estimate of drug-likeness (QED) is 0.0420. The number of unbranched alkanes of at least 4 members (excludes halogenated alkanes) is 20. The highest BCUT2D eigenvalue weighted by atomic mass is 16.7. The Morgan fingerprint density at radius 1 is 0.724 bits per heavy atom. The van der Waals surface area contributed by atoms with Gasteiger partial charge in [-0.15, -0.1) is 0 Å². The minimum Gasteiger partial charge on any atom is -0.394 e. The molecule has 0 aromatic carbocycles. The average molecular weight is 828 g/mol. The molecule has 5 unspecified atom stereocenters. The lowest BCUT2D eigenvalue weighted by atomic mass is 9.98. The molecule has 0 saturated carbocycles. The second-order valence-electron chi connectivity index (χ2n) is 16.7. The van der Waals surface area contributed by atoms with E-state index in [1.807, 2.05) is 0 Å². The van der Waals surface area contributed by atoms with Crippen molar-refractivity contribution in [2.75, 3.05) is 26.3 Å². The van der Waals surface area contributed by atoms with Crippen molar-refractivity contribution >= 4 is 0 Å². The van der Waals surface area contributed by atoms with Gasteiger partial charge in [0.25, 0.3) is 0 Å². The molecular formula is C44H85N5O9. The van der Waals surface area contributed by atoms with Crippen LogP contribution in [0.3, 0.4) is 0 Å². The van der Waals surface area contributed by atoms with E-state index in [1.165, 1.54) is 93.8 Å². The van der Waals surface area contributed by atoms with Crippen molar-refractivity contribution in [2.45, 2.75) is 237 Å². The van der Waals surface area contributed by atoms with E-state index in [0.717, 1.165) is 82.0 Å². The summed E-state index contributed by atoms with van der Waals surface area (Å²) in [7, 11) is 0. The number of tetrazole rings is 1. The molecule has 1 aromatic heterocycles. The molecule has 0 spiro atoms. The van der Waals surface area contributed by atoms with Gasteiger partial charge in [0.1, 0.15) is 36.6 Å². The highest BCUT2D eigenvalue weighted by Crippen LogP contribution is 2.25. The Kier molecular flexibility index (Phi) is 28.7. The second-order valence-corrected chi connectivity index (χ2v) is 16.7. The van der Waals surface area contributed by atoms with Gasteiger partial charge in [0.05, 0.1) is 19.3 Å². The van der Waals surface area contributed by atoms with Gasteiger partial charge in [-0.3, -0.25) is 0 Å². The van der Waals surface area contributed by atoms with Crippen LogP contribution in [0.5, 0.6) is 0 Å². The SMILES string of the molecule is C=C(CC)N(CCCCCCC)CCCCCCCCn1nnn([C@@H](COC2OC(CO)C(O)C(O)C2O)[C@H](O)[C@H](O)CCCCCCCCCCCCCC)c1=O. The number of nitrogens with zero attached hydrogens (tertiary/aromatic N) is 5. The van der Waals surface area contributed by atoms with Crippen molar-refractivity contribution in [3.63, 3.8) is 0 Å². The van der Waals surface area contributed by atoms with Crippen LogP contribution in [-0.2, 0) is 16.0 Å². The molecule has 58 heavy (non-hydrogen) atoms. The van der Waals surface area contributed by atoms with Crippen molar-refractivity contribution in [3.05, 3.63) is 22.8 Å². The van der Waals surface area contributed by atoms with Crippen LogP contribution in [0.25, 0.3) is 0 Å². The normalized spacial score (nSPS) is 21.3. The van der Waals surface area contributed by atoms with E-state index in [4.69, 9.17) is 9.47 Å². The maximum absolute atomic E-state index is 13.5. The second kappa shape index (κ2) is 31.9. The van der Waals surface area contributed by atoms with Crippen LogP contribution < -0.4 is 5.69 Å². The Morgan fingerprint density at radius 3 is 1.74 bits per heavy atom. The molecule has 1 saturated heterocycles. The molecule has 6 N–H and O–H groups in total. The fourth-order valence-corrected chi connectivity index (χ4v) is 7.80. The fourth-order valence-electron chi connectivity index (χ4n) is 7.80. The molecule has 340 valence electrons. The minimum absolute atomic E-state index is 0.308. The van der Waals surface area contributed by atoms with Crippen molar-refractivity contribution in [1.29, 1.82) is 0 Å². The van der Waals surface area contributed by atoms with Crippen LogP contribution in [-0.4, -0.2) is 125 Å². The molecule has 0 aliphatic carbocycles. The van der Waals surface area contributed by atoms with Gasteiger partial charge in [-0.1, -0.05) is 156 Å². The number of rotatable bonds is 37. The van der Waals surface area contributed by atoms with Gasteiger partial charge in [-0.2, -0.15) is 9.36 Å². The number of hydrogen-bond acceptors (Lipinski definition) is 12. The molecule has 0 bridgehead atoms. The van der Waals surface area contributed by atoms with E-state index < -0.39 is 67.9 Å². The van der Waals surface area contributed by atoms with E-state index in [2.05, 4.69) is 42.7 Å².